The predicted molar refractivity (Wildman–Crippen MR) is 81.4 cm³/mol. The number of carboxylic acid groups (broad SMARTS) is 1. The molecular weight excluding hydrogens is 322 g/mol. The maximum absolute atomic E-state index is 11.3. The minimum atomic E-state index is -0.887. The number of carbonyl (C=O) groups is 3. The van der Waals surface area contributed by atoms with Crippen molar-refractivity contribution in [3.05, 3.63) is 12.2 Å². The molecule has 1 N–H and O–H groups in total. The SMILES string of the molecule is O=C(O)CCOCCOCCOCCOCCN1C(=O)C=CC1=O. The lowest BCUT2D eigenvalue weighted by atomic mass is 10.5. The monoisotopic (exact) mass is 345 g/mol. The average Bonchev–Trinajstić information content (AvgIpc) is 2.86. The molecule has 0 aromatic rings. The standard InChI is InChI=1S/C15H23NO8/c17-13-1-2-14(18)16(13)4-6-22-8-10-24-12-11-23-9-7-21-5-3-15(19)20/h1-2H,3-12H2,(H,19,20). The summed E-state index contributed by atoms with van der Waals surface area (Å²) in [7, 11) is 0. The molecule has 0 saturated heterocycles. The van der Waals surface area contributed by atoms with E-state index < -0.39 is 5.97 Å². The van der Waals surface area contributed by atoms with Crippen LogP contribution in [0.15, 0.2) is 12.2 Å². The second-order valence-electron chi connectivity index (χ2n) is 4.75. The van der Waals surface area contributed by atoms with Crippen LogP contribution in [-0.4, -0.2) is 87.2 Å². The van der Waals surface area contributed by atoms with E-state index in [0.717, 1.165) is 4.90 Å². The molecule has 0 fully saturated rings. The van der Waals surface area contributed by atoms with E-state index in [2.05, 4.69) is 0 Å². The van der Waals surface area contributed by atoms with Crippen LogP contribution in [0.4, 0.5) is 0 Å². The van der Waals surface area contributed by atoms with E-state index in [1.807, 2.05) is 0 Å². The summed E-state index contributed by atoms with van der Waals surface area (Å²) in [6.07, 6.45) is 2.46. The number of hydrogen-bond donors (Lipinski definition) is 1. The first-order chi connectivity index (χ1) is 11.6. The van der Waals surface area contributed by atoms with Gasteiger partial charge in [0.1, 0.15) is 0 Å². The van der Waals surface area contributed by atoms with Crippen molar-refractivity contribution < 1.29 is 38.4 Å². The molecule has 0 aromatic carbocycles. The quantitative estimate of drug-likeness (QED) is 0.311. The molecule has 0 unspecified atom stereocenters. The topological polar surface area (TPSA) is 112 Å². The summed E-state index contributed by atoms with van der Waals surface area (Å²) in [5.41, 5.74) is 0. The van der Waals surface area contributed by atoms with Gasteiger partial charge in [-0.15, -0.1) is 0 Å². The second-order valence-corrected chi connectivity index (χ2v) is 4.75. The van der Waals surface area contributed by atoms with Crippen LogP contribution in [-0.2, 0) is 33.3 Å². The number of imide groups is 1. The van der Waals surface area contributed by atoms with Gasteiger partial charge in [-0.05, 0) is 0 Å². The molecule has 0 atom stereocenters. The van der Waals surface area contributed by atoms with E-state index in [-0.39, 0.29) is 38.0 Å². The Morgan fingerprint density at radius 2 is 1.21 bits per heavy atom. The Morgan fingerprint density at radius 3 is 1.67 bits per heavy atom. The lowest BCUT2D eigenvalue weighted by molar-refractivity contribution is -0.139. The lowest BCUT2D eigenvalue weighted by Crippen LogP contribution is -2.33. The molecule has 0 saturated carbocycles. The van der Waals surface area contributed by atoms with E-state index in [0.29, 0.717) is 39.6 Å². The molecule has 0 spiro atoms. The number of nitrogens with zero attached hydrogens (tertiary/aromatic N) is 1. The van der Waals surface area contributed by atoms with Crippen molar-refractivity contribution in [1.82, 2.24) is 4.90 Å². The molecule has 1 aliphatic heterocycles. The van der Waals surface area contributed by atoms with Crippen LogP contribution >= 0.6 is 0 Å². The first-order valence-corrected chi connectivity index (χ1v) is 7.67. The maximum atomic E-state index is 11.3. The Morgan fingerprint density at radius 1 is 0.792 bits per heavy atom. The molecule has 1 rings (SSSR count). The van der Waals surface area contributed by atoms with Gasteiger partial charge in [0.05, 0.1) is 65.8 Å². The van der Waals surface area contributed by atoms with E-state index in [1.165, 1.54) is 12.2 Å². The Labute approximate surface area is 140 Å². The van der Waals surface area contributed by atoms with E-state index in [9.17, 15) is 14.4 Å². The molecule has 0 radical (unpaired) electrons. The van der Waals surface area contributed by atoms with Crippen LogP contribution in [0.1, 0.15) is 6.42 Å². The fourth-order valence-electron chi connectivity index (χ4n) is 1.73. The van der Waals surface area contributed by atoms with Gasteiger partial charge >= 0.3 is 5.97 Å². The van der Waals surface area contributed by atoms with Gasteiger partial charge < -0.3 is 24.1 Å². The number of rotatable bonds is 15. The summed E-state index contributed by atoms with van der Waals surface area (Å²) in [5, 5.41) is 8.40. The molecule has 9 nitrogen and oxygen atoms in total. The van der Waals surface area contributed by atoms with Gasteiger partial charge in [0, 0.05) is 12.2 Å². The van der Waals surface area contributed by atoms with Gasteiger partial charge in [-0.3, -0.25) is 19.3 Å². The fourth-order valence-corrected chi connectivity index (χ4v) is 1.73. The second kappa shape index (κ2) is 12.6. The van der Waals surface area contributed by atoms with Gasteiger partial charge in [-0.25, -0.2) is 0 Å². The summed E-state index contributed by atoms with van der Waals surface area (Å²) in [6.45, 7) is 2.97. The van der Waals surface area contributed by atoms with Crippen LogP contribution in [0.2, 0.25) is 0 Å². The molecular formula is C15H23NO8. The van der Waals surface area contributed by atoms with Crippen LogP contribution in [0.25, 0.3) is 0 Å². The minimum absolute atomic E-state index is 0.0142. The van der Waals surface area contributed by atoms with Crippen LogP contribution in [0.5, 0.6) is 0 Å². The number of aliphatic carboxylic acids is 1. The third-order valence-electron chi connectivity index (χ3n) is 2.94. The number of ether oxygens (including phenoxy) is 4. The molecule has 0 bridgehead atoms. The van der Waals surface area contributed by atoms with Crippen molar-refractivity contribution in [1.29, 1.82) is 0 Å². The smallest absolute Gasteiger partial charge is 0.305 e. The third-order valence-corrected chi connectivity index (χ3v) is 2.94. The third kappa shape index (κ3) is 9.36. The van der Waals surface area contributed by atoms with Crippen LogP contribution in [0, 0.1) is 0 Å². The molecule has 0 aromatic heterocycles. The zero-order valence-electron chi connectivity index (χ0n) is 13.5. The molecule has 0 aliphatic carbocycles. The van der Waals surface area contributed by atoms with Gasteiger partial charge in [0.2, 0.25) is 0 Å². The van der Waals surface area contributed by atoms with Gasteiger partial charge in [-0.1, -0.05) is 0 Å². The van der Waals surface area contributed by atoms with E-state index in [1.54, 1.807) is 0 Å². The summed E-state index contributed by atoms with van der Waals surface area (Å²) < 4.78 is 20.8. The highest BCUT2D eigenvalue weighted by atomic mass is 16.6. The highest BCUT2D eigenvalue weighted by Gasteiger charge is 2.22. The van der Waals surface area contributed by atoms with E-state index >= 15 is 0 Å². The summed E-state index contributed by atoms with van der Waals surface area (Å²) in [5.74, 6) is -1.52. The van der Waals surface area contributed by atoms with Gasteiger partial charge in [0.15, 0.2) is 0 Å². The Bertz CT molecular complexity index is 419. The van der Waals surface area contributed by atoms with Crippen molar-refractivity contribution in [3.8, 4) is 0 Å². The Kier molecular flexibility index (Phi) is 10.6. The number of amides is 2. The zero-order chi connectivity index (χ0) is 17.6. The van der Waals surface area contributed by atoms with E-state index in [4.69, 9.17) is 24.1 Å². The molecule has 2 amide bonds. The first kappa shape index (κ1) is 20.2. The van der Waals surface area contributed by atoms with Crippen molar-refractivity contribution in [2.45, 2.75) is 6.42 Å². The zero-order valence-corrected chi connectivity index (χ0v) is 13.5. The van der Waals surface area contributed by atoms with Crippen molar-refractivity contribution in [2.24, 2.45) is 0 Å². The van der Waals surface area contributed by atoms with Gasteiger partial charge in [0.25, 0.3) is 11.8 Å². The largest absolute Gasteiger partial charge is 0.481 e. The molecule has 1 aliphatic rings. The number of hydrogen-bond acceptors (Lipinski definition) is 7. The lowest BCUT2D eigenvalue weighted by Gasteiger charge is -2.13. The van der Waals surface area contributed by atoms with Crippen molar-refractivity contribution >= 4 is 17.8 Å². The highest BCUT2D eigenvalue weighted by molar-refractivity contribution is 6.12. The maximum Gasteiger partial charge on any atom is 0.305 e. The fraction of sp³-hybridized carbons (Fsp3) is 0.667. The van der Waals surface area contributed by atoms with Crippen LogP contribution < -0.4 is 0 Å². The first-order valence-electron chi connectivity index (χ1n) is 7.67. The normalized spacial score (nSPS) is 13.9. The number of carbonyl (C=O) groups excluding carboxylic acids is 2. The summed E-state index contributed by atoms with van der Waals surface area (Å²) >= 11 is 0. The Hall–Kier alpha value is -1.81. The number of carboxylic acids is 1. The minimum Gasteiger partial charge on any atom is -0.481 e. The summed E-state index contributed by atoms with van der Waals surface area (Å²) in [4.78, 5) is 33.8. The molecule has 136 valence electrons. The predicted octanol–water partition coefficient (Wildman–Crippen LogP) is -0.547. The average molecular weight is 345 g/mol. The van der Waals surface area contributed by atoms with Crippen molar-refractivity contribution in [3.63, 3.8) is 0 Å². The van der Waals surface area contributed by atoms with Crippen molar-refractivity contribution in [2.75, 3.05) is 59.4 Å². The molecule has 1 heterocycles. The highest BCUT2D eigenvalue weighted by Crippen LogP contribution is 2.02. The summed E-state index contributed by atoms with van der Waals surface area (Å²) in [6, 6.07) is 0. The van der Waals surface area contributed by atoms with Crippen LogP contribution in [0.3, 0.4) is 0 Å². The Balaban J connectivity index is 1.77. The molecule has 9 heteroatoms. The van der Waals surface area contributed by atoms with Gasteiger partial charge in [-0.2, -0.15) is 0 Å². The molecule has 24 heavy (non-hydrogen) atoms.